The van der Waals surface area contributed by atoms with Crippen molar-refractivity contribution in [3.63, 3.8) is 0 Å². The lowest BCUT2D eigenvalue weighted by molar-refractivity contribution is -0.830. The van der Waals surface area contributed by atoms with Crippen LogP contribution in [0.25, 0.3) is 0 Å². The third kappa shape index (κ3) is 22.2. The number of ketones is 8. The lowest BCUT2D eigenvalue weighted by Crippen LogP contribution is -2.54. The molecule has 38 heteroatoms. The molecule has 9 aromatic heterocycles. The first kappa shape index (κ1) is 89.0. The number of carbonyl (C=O) groups is 15. The van der Waals surface area contributed by atoms with Crippen molar-refractivity contribution in [3.05, 3.63) is 184 Å². The molecule has 3 aliphatic heterocycles. The van der Waals surface area contributed by atoms with Crippen LogP contribution in [0.3, 0.4) is 0 Å². The van der Waals surface area contributed by atoms with Crippen LogP contribution >= 0.6 is 0 Å². The van der Waals surface area contributed by atoms with Crippen molar-refractivity contribution in [2.45, 2.75) is 122 Å². The molecule has 38 nitrogen and oxygen atoms in total. The summed E-state index contributed by atoms with van der Waals surface area (Å²) in [7, 11) is 20.5. The van der Waals surface area contributed by atoms with Crippen LogP contribution in [0.4, 0.5) is 23.0 Å². The average molecular weight is 1670 g/mol. The third-order valence-corrected chi connectivity index (χ3v) is 20.8. The number of imidazole rings is 5. The number of anilines is 4. The molecule has 7 N–H and O–H groups in total. The summed E-state index contributed by atoms with van der Waals surface area (Å²) < 4.78 is 13.9. The van der Waals surface area contributed by atoms with E-state index in [0.29, 0.717) is 87.9 Å². The minimum absolute atomic E-state index is 0.0102. The molecule has 0 aliphatic carbocycles. The van der Waals surface area contributed by atoms with Crippen molar-refractivity contribution in [3.8, 4) is 0 Å². The molecule has 642 valence electrons. The highest BCUT2D eigenvalue weighted by Gasteiger charge is 2.56. The fourth-order valence-electron chi connectivity index (χ4n) is 15.0. The maximum absolute atomic E-state index is 13.9. The molecular weight excluding hydrogens is 1570 g/mol. The molecule has 0 aromatic carbocycles. The second-order valence-corrected chi connectivity index (χ2v) is 31.6. The fraction of sp³-hybridized carbons (Fsp3) is 0.405. The predicted molar refractivity (Wildman–Crippen MR) is 445 cm³/mol. The van der Waals surface area contributed by atoms with E-state index in [0.717, 1.165) is 19.4 Å². The number of hydrogen-bond acceptors (Lipinski definition) is 21. The highest BCUT2D eigenvalue weighted by atomic mass is 16.2. The lowest BCUT2D eigenvalue weighted by atomic mass is 9.99. The van der Waals surface area contributed by atoms with Crippen molar-refractivity contribution in [2.24, 2.45) is 63.4 Å². The number of rotatable bonds is 45. The van der Waals surface area contributed by atoms with Crippen LogP contribution in [0.1, 0.15) is 207 Å². The van der Waals surface area contributed by atoms with Gasteiger partial charge in [-0.05, 0) is 88.1 Å². The van der Waals surface area contributed by atoms with Crippen molar-refractivity contribution in [2.75, 3.05) is 62.0 Å². The first-order valence-electron chi connectivity index (χ1n) is 39.9. The number of aryl methyl sites for hydroxylation is 9. The highest BCUT2D eigenvalue weighted by Crippen LogP contribution is 2.43. The van der Waals surface area contributed by atoms with Gasteiger partial charge in [-0.15, -0.1) is 0 Å². The Morgan fingerprint density at radius 2 is 0.811 bits per heavy atom. The van der Waals surface area contributed by atoms with E-state index in [2.05, 4.69) is 67.0 Å². The molecule has 0 fully saturated rings. The fourth-order valence-corrected chi connectivity index (χ4v) is 15.0. The van der Waals surface area contributed by atoms with Crippen LogP contribution in [0.15, 0.2) is 104 Å². The molecule has 9 aromatic rings. The minimum atomic E-state index is -0.743. The Labute approximate surface area is 702 Å². The molecule has 0 radical (unpaired) electrons. The van der Waals surface area contributed by atoms with Crippen molar-refractivity contribution in [1.29, 1.82) is 0 Å². The number of likely N-dealkylation sites (N-methyl/N-ethyl adjacent to an activating group) is 1. The van der Waals surface area contributed by atoms with E-state index < -0.39 is 47.3 Å². The van der Waals surface area contributed by atoms with Gasteiger partial charge in [-0.1, -0.05) is 0 Å². The molecule has 0 saturated carbocycles. The second-order valence-electron chi connectivity index (χ2n) is 31.6. The zero-order chi connectivity index (χ0) is 88.3. The van der Waals surface area contributed by atoms with Crippen LogP contribution in [-0.2, 0) is 124 Å². The summed E-state index contributed by atoms with van der Waals surface area (Å²) in [6.07, 6.45) is 21.3. The topological polar surface area (TPSA) is 452 Å². The van der Waals surface area contributed by atoms with Gasteiger partial charge in [0.25, 0.3) is 29.5 Å². The van der Waals surface area contributed by atoms with E-state index in [1.165, 1.54) is 60.5 Å². The van der Waals surface area contributed by atoms with Crippen LogP contribution in [0, 0.1) is 0 Å². The maximum Gasteiger partial charge on any atom is 0.291 e. The van der Waals surface area contributed by atoms with Crippen LogP contribution in [0.5, 0.6) is 0 Å². The van der Waals surface area contributed by atoms with Gasteiger partial charge in [-0.2, -0.15) is 0 Å². The Kier molecular flexibility index (Phi) is 28.1. The number of nitrogens with one attached hydrogen (secondary N) is 7. The molecule has 0 spiro atoms. The van der Waals surface area contributed by atoms with E-state index >= 15 is 0 Å². The van der Waals surface area contributed by atoms with Gasteiger partial charge in [-0.25, -0.2) is 24.9 Å². The number of carbonyl (C=O) groups excluding carboxylic acids is 15. The zero-order valence-electron chi connectivity index (χ0n) is 70.7. The van der Waals surface area contributed by atoms with Gasteiger partial charge in [0.1, 0.15) is 52.4 Å². The number of hydrogen-bond donors (Lipinski definition) is 7. The minimum Gasteiger partial charge on any atom is -0.351 e. The number of unbranched alkanes of at least 4 members (excludes halogenated alkanes) is 1. The SMILES string of the molecule is CC(=O)Nc1cn(C)c(C(=O)Nc2cc(C(=O)NCCC(=O)Nc3cn(C)c(C(=O)NC4=C[N+]5(C)C=C4C5C(=O)Nc4cc(C(=O)NCCCC(=O)Cc5cn(C)c(C(=O)Cc6cn(C)c(C(=O)Cc7cc(C(=O)CCCC(=O)Cc8cn(C)c(C(=O)Cc9cc(C(=O)CCCC(=O)CCCCN(C)C)n(C)c9)n8)n(C)c7)n6)n5)n(C)c4)n3)n(C)c2)n1. The Hall–Kier alpha value is -13.8. The summed E-state index contributed by atoms with van der Waals surface area (Å²) in [5.74, 6) is -4.40. The maximum atomic E-state index is 13.9. The number of Topliss-reactive ketones (excluding diaryl/α,β-unsaturated/α-hetero) is 8. The summed E-state index contributed by atoms with van der Waals surface area (Å²) in [4.78, 5) is 221. The van der Waals surface area contributed by atoms with Crippen LogP contribution < -0.4 is 37.2 Å². The standard InChI is InChI=1S/C84H101N23O15/c1-49(108)87-71-45-105(11)78(95-71)83(121)92-55-36-65(101(7)41-55)81(119)86-27-25-73(117)94-72-46-106(12)79(96-72)84(122)93-61-48-107(13)47-60(61)74(107)82(120)91-54-35-64(100(6)40-54)80(118)85-26-18-22-59(111)34-53-43-103(9)77(89-53)70(116)37-56-44-104(10)76(90-56)69(115)32-51-30-63(99(5)39-51)67(113)24-17-21-58(110)33-52-42-102(8)75(88-52)68(114)31-50-29-62(98(4)38-50)66(112)23-16-20-57(109)19-14-15-28-97(2)3/h29-30,35-36,38-48,74H,14-28,31-34,37H2,1-13H3,(H6-,85,86,87,91,92,93,94,108,117,118,119,120,121,122)/p+1. The Balaban J connectivity index is 0.555. The summed E-state index contributed by atoms with van der Waals surface area (Å²) in [6, 6.07) is 5.55. The molecule has 2 unspecified atom stereocenters. The van der Waals surface area contributed by atoms with Gasteiger partial charge < -0.3 is 83.2 Å². The number of nitrogens with zero attached hydrogens (tertiary/aromatic N) is 16. The predicted octanol–water partition coefficient (Wildman–Crippen LogP) is 5.03. The molecule has 12 heterocycles. The first-order chi connectivity index (χ1) is 57.8. The quantitative estimate of drug-likeness (QED) is 0.0149. The monoisotopic (exact) mass is 1670 g/mol. The normalized spacial score (nSPS) is 13.9. The Morgan fingerprint density at radius 3 is 1.32 bits per heavy atom. The number of amides is 7. The smallest absolute Gasteiger partial charge is 0.291 e. The summed E-state index contributed by atoms with van der Waals surface area (Å²) in [6.45, 7) is 2.31. The van der Waals surface area contributed by atoms with Gasteiger partial charge in [0.15, 0.2) is 40.7 Å². The largest absolute Gasteiger partial charge is 0.351 e. The van der Waals surface area contributed by atoms with Gasteiger partial charge in [0, 0.05) is 197 Å². The molecule has 0 saturated heterocycles. The first-order valence-corrected chi connectivity index (χ1v) is 39.9. The molecule has 7 amide bonds. The molecule has 122 heavy (non-hydrogen) atoms. The highest BCUT2D eigenvalue weighted by molar-refractivity contribution is 6.05. The summed E-state index contributed by atoms with van der Waals surface area (Å²) in [5, 5.41) is 19.0. The van der Waals surface area contributed by atoms with Crippen molar-refractivity contribution < 1.29 is 76.4 Å². The molecule has 2 atom stereocenters. The van der Waals surface area contributed by atoms with E-state index in [-0.39, 0.29) is 187 Å². The van der Waals surface area contributed by atoms with Gasteiger partial charge >= 0.3 is 0 Å². The van der Waals surface area contributed by atoms with Crippen molar-refractivity contribution >= 4 is 111 Å². The van der Waals surface area contributed by atoms with Gasteiger partial charge in [0.2, 0.25) is 46.9 Å². The van der Waals surface area contributed by atoms with Gasteiger partial charge in [0.05, 0.1) is 66.2 Å². The van der Waals surface area contributed by atoms with Crippen LogP contribution in [0.2, 0.25) is 0 Å². The Bertz CT molecular complexity index is 5730. The Morgan fingerprint density at radius 1 is 0.377 bits per heavy atom. The van der Waals surface area contributed by atoms with Crippen LogP contribution in [-0.4, -0.2) is 210 Å². The van der Waals surface area contributed by atoms with E-state index in [4.69, 9.17) is 0 Å². The number of aromatic nitrogens is 14. The summed E-state index contributed by atoms with van der Waals surface area (Å²) >= 11 is 0. The number of quaternary nitrogens is 1. The lowest BCUT2D eigenvalue weighted by Gasteiger charge is -2.36. The van der Waals surface area contributed by atoms with Crippen molar-refractivity contribution in [1.82, 2.24) is 86.9 Å². The van der Waals surface area contributed by atoms with E-state index in [1.54, 1.807) is 150 Å². The summed E-state index contributed by atoms with van der Waals surface area (Å²) in [5.41, 5.74) is 5.10. The molecule has 2 bridgehead atoms. The zero-order valence-corrected chi connectivity index (χ0v) is 70.7. The second kappa shape index (κ2) is 38.5. The third-order valence-electron chi connectivity index (χ3n) is 20.8. The average Bonchev–Trinajstić information content (AvgIpc) is 1.55. The molecule has 12 rings (SSSR count). The van der Waals surface area contributed by atoms with E-state index in [1.807, 2.05) is 14.1 Å². The van der Waals surface area contributed by atoms with Gasteiger partial charge in [-0.3, -0.25) is 76.4 Å². The molecule has 3 aliphatic rings. The molecular formula is C84H102N23O15+. The van der Waals surface area contributed by atoms with E-state index in [9.17, 15) is 71.9 Å².